The van der Waals surface area contributed by atoms with Crippen LogP contribution in [0.5, 0.6) is 0 Å². The lowest BCUT2D eigenvalue weighted by molar-refractivity contribution is 0.102. The molecule has 0 aromatic carbocycles. The second-order valence-corrected chi connectivity index (χ2v) is 4.77. The first-order chi connectivity index (χ1) is 9.49. The lowest BCUT2D eigenvalue weighted by Gasteiger charge is -2.07. The van der Waals surface area contributed by atoms with E-state index in [-0.39, 0.29) is 5.91 Å². The van der Waals surface area contributed by atoms with Gasteiger partial charge in [-0.05, 0) is 25.5 Å². The van der Waals surface area contributed by atoms with Crippen LogP contribution in [0.1, 0.15) is 35.1 Å². The summed E-state index contributed by atoms with van der Waals surface area (Å²) < 4.78 is 1.63. The number of amides is 1. The maximum atomic E-state index is 12.2. The van der Waals surface area contributed by atoms with E-state index in [1.807, 2.05) is 13.0 Å². The monoisotopic (exact) mass is 273 g/mol. The number of aromatic nitrogens is 3. The first-order valence-corrected chi connectivity index (χ1v) is 6.58. The Hall–Kier alpha value is -2.37. The number of hydrogen-bond donors (Lipinski definition) is 2. The Morgan fingerprint density at radius 2 is 2.15 bits per heavy atom. The molecule has 6 heteroatoms. The molecule has 0 saturated heterocycles. The minimum absolute atomic E-state index is 0.209. The fourth-order valence-corrected chi connectivity index (χ4v) is 2.04. The molecule has 0 fully saturated rings. The minimum Gasteiger partial charge on any atom is -0.384 e. The number of nitrogens with one attached hydrogen (secondary N) is 1. The Bertz CT molecular complexity index is 632. The summed E-state index contributed by atoms with van der Waals surface area (Å²) in [4.78, 5) is 16.5. The number of carbonyl (C=O) groups is 1. The highest BCUT2D eigenvalue weighted by Gasteiger charge is 2.11. The Labute approximate surface area is 118 Å². The van der Waals surface area contributed by atoms with Crippen molar-refractivity contribution in [3.05, 3.63) is 35.2 Å². The number of nitrogen functional groups attached to an aromatic ring is 1. The van der Waals surface area contributed by atoms with E-state index in [0.717, 1.165) is 24.2 Å². The van der Waals surface area contributed by atoms with Crippen molar-refractivity contribution < 1.29 is 4.79 Å². The molecule has 0 aliphatic carbocycles. The fourth-order valence-electron chi connectivity index (χ4n) is 2.04. The average molecular weight is 273 g/mol. The van der Waals surface area contributed by atoms with Crippen LogP contribution in [-0.2, 0) is 13.5 Å². The Morgan fingerprint density at radius 3 is 2.75 bits per heavy atom. The van der Waals surface area contributed by atoms with Crippen molar-refractivity contribution in [1.82, 2.24) is 14.8 Å². The van der Waals surface area contributed by atoms with E-state index in [4.69, 9.17) is 5.73 Å². The highest BCUT2D eigenvalue weighted by atomic mass is 16.1. The molecule has 0 atom stereocenters. The summed E-state index contributed by atoms with van der Waals surface area (Å²) in [6.07, 6.45) is 1.76. The standard InChI is InChI=1S/C14H19N5O/c1-4-5-11-7-10(8-12(15)16-11)14(20)17-13-6-9(2)18-19(13)3/h6-8H,4-5H2,1-3H3,(H2,15,16)(H,17,20). The average Bonchev–Trinajstić information content (AvgIpc) is 2.67. The van der Waals surface area contributed by atoms with Crippen molar-refractivity contribution in [2.24, 2.45) is 7.05 Å². The Morgan fingerprint density at radius 1 is 1.40 bits per heavy atom. The second-order valence-electron chi connectivity index (χ2n) is 4.77. The van der Waals surface area contributed by atoms with Gasteiger partial charge in [-0.3, -0.25) is 9.48 Å². The van der Waals surface area contributed by atoms with Crippen LogP contribution in [0, 0.1) is 6.92 Å². The molecule has 2 aromatic rings. The van der Waals surface area contributed by atoms with Gasteiger partial charge in [0.15, 0.2) is 0 Å². The van der Waals surface area contributed by atoms with Gasteiger partial charge >= 0.3 is 0 Å². The van der Waals surface area contributed by atoms with Crippen LogP contribution in [0.2, 0.25) is 0 Å². The molecule has 0 saturated carbocycles. The van der Waals surface area contributed by atoms with Gasteiger partial charge in [-0.2, -0.15) is 5.10 Å². The van der Waals surface area contributed by atoms with Crippen LogP contribution in [0.4, 0.5) is 11.6 Å². The minimum atomic E-state index is -0.209. The Balaban J connectivity index is 2.22. The van der Waals surface area contributed by atoms with Crippen LogP contribution in [0.25, 0.3) is 0 Å². The number of nitrogens with zero attached hydrogens (tertiary/aromatic N) is 3. The molecular weight excluding hydrogens is 254 g/mol. The highest BCUT2D eigenvalue weighted by Crippen LogP contribution is 2.13. The molecule has 2 aromatic heterocycles. The molecule has 0 aliphatic rings. The van der Waals surface area contributed by atoms with Crippen molar-refractivity contribution in [1.29, 1.82) is 0 Å². The van der Waals surface area contributed by atoms with E-state index in [9.17, 15) is 4.79 Å². The number of pyridine rings is 1. The van der Waals surface area contributed by atoms with Crippen molar-refractivity contribution in [3.63, 3.8) is 0 Å². The number of nitrogens with two attached hydrogens (primary N) is 1. The van der Waals surface area contributed by atoms with Gasteiger partial charge in [0, 0.05) is 24.4 Å². The third-order valence-electron chi connectivity index (χ3n) is 2.91. The zero-order valence-electron chi connectivity index (χ0n) is 12.0. The molecule has 1 amide bonds. The molecule has 0 spiro atoms. The van der Waals surface area contributed by atoms with Crippen molar-refractivity contribution >= 4 is 17.5 Å². The fraction of sp³-hybridized carbons (Fsp3) is 0.357. The SMILES string of the molecule is CCCc1cc(C(=O)Nc2cc(C)nn2C)cc(N)n1. The molecule has 0 unspecified atom stereocenters. The van der Waals surface area contributed by atoms with Gasteiger partial charge < -0.3 is 11.1 Å². The zero-order chi connectivity index (χ0) is 14.7. The van der Waals surface area contributed by atoms with Crippen molar-refractivity contribution in [2.45, 2.75) is 26.7 Å². The number of rotatable bonds is 4. The molecule has 3 N–H and O–H groups in total. The first-order valence-electron chi connectivity index (χ1n) is 6.58. The van der Waals surface area contributed by atoms with Crippen LogP contribution in [-0.4, -0.2) is 20.7 Å². The molecule has 2 rings (SSSR count). The van der Waals surface area contributed by atoms with E-state index >= 15 is 0 Å². The molecule has 2 heterocycles. The van der Waals surface area contributed by atoms with Crippen molar-refractivity contribution in [2.75, 3.05) is 11.1 Å². The van der Waals surface area contributed by atoms with Gasteiger partial charge in [0.25, 0.3) is 5.91 Å². The summed E-state index contributed by atoms with van der Waals surface area (Å²) in [7, 11) is 1.78. The number of hydrogen-bond acceptors (Lipinski definition) is 4. The first kappa shape index (κ1) is 14.0. The maximum absolute atomic E-state index is 12.2. The third-order valence-corrected chi connectivity index (χ3v) is 2.91. The van der Waals surface area contributed by atoms with Crippen molar-refractivity contribution in [3.8, 4) is 0 Å². The molecule has 0 aliphatic heterocycles. The van der Waals surface area contributed by atoms with Crippen LogP contribution in [0.3, 0.4) is 0 Å². The third kappa shape index (κ3) is 3.14. The summed E-state index contributed by atoms with van der Waals surface area (Å²) >= 11 is 0. The van der Waals surface area contributed by atoms with Crippen LogP contribution >= 0.6 is 0 Å². The largest absolute Gasteiger partial charge is 0.384 e. The lowest BCUT2D eigenvalue weighted by atomic mass is 10.1. The summed E-state index contributed by atoms with van der Waals surface area (Å²) in [5, 5.41) is 7.01. The van der Waals surface area contributed by atoms with E-state index in [1.165, 1.54) is 0 Å². The predicted octanol–water partition coefficient (Wildman–Crippen LogP) is 1.91. The molecule has 0 bridgehead atoms. The molecule has 106 valence electrons. The summed E-state index contributed by atoms with van der Waals surface area (Å²) in [6, 6.07) is 5.17. The highest BCUT2D eigenvalue weighted by molar-refractivity contribution is 6.04. The van der Waals surface area contributed by atoms with Gasteiger partial charge in [0.1, 0.15) is 11.6 Å². The normalized spacial score (nSPS) is 10.6. The predicted molar refractivity (Wildman–Crippen MR) is 78.5 cm³/mol. The molecular formula is C14H19N5O. The van der Waals surface area contributed by atoms with Crippen LogP contribution in [0.15, 0.2) is 18.2 Å². The number of anilines is 2. The molecule has 6 nitrogen and oxygen atoms in total. The summed E-state index contributed by atoms with van der Waals surface area (Å²) in [5.41, 5.74) is 7.94. The van der Waals surface area contributed by atoms with Gasteiger partial charge in [0.2, 0.25) is 0 Å². The summed E-state index contributed by atoms with van der Waals surface area (Å²) in [5.74, 6) is 0.807. The quantitative estimate of drug-likeness (QED) is 0.891. The maximum Gasteiger partial charge on any atom is 0.257 e. The second kappa shape index (κ2) is 5.73. The smallest absolute Gasteiger partial charge is 0.257 e. The van der Waals surface area contributed by atoms with Gasteiger partial charge in [-0.25, -0.2) is 4.98 Å². The summed E-state index contributed by atoms with van der Waals surface area (Å²) in [6.45, 7) is 3.93. The van der Waals surface area contributed by atoms with Crippen LogP contribution < -0.4 is 11.1 Å². The van der Waals surface area contributed by atoms with E-state index in [2.05, 4.69) is 22.3 Å². The van der Waals surface area contributed by atoms with E-state index < -0.39 is 0 Å². The van der Waals surface area contributed by atoms with E-state index in [1.54, 1.807) is 23.9 Å². The van der Waals surface area contributed by atoms with Gasteiger partial charge in [0.05, 0.1) is 5.69 Å². The van der Waals surface area contributed by atoms with Gasteiger partial charge in [-0.15, -0.1) is 0 Å². The molecule has 20 heavy (non-hydrogen) atoms. The number of aryl methyl sites for hydroxylation is 3. The number of carbonyl (C=O) groups excluding carboxylic acids is 1. The Kier molecular flexibility index (Phi) is 4.02. The lowest BCUT2D eigenvalue weighted by Crippen LogP contribution is -2.15. The van der Waals surface area contributed by atoms with E-state index in [0.29, 0.717) is 17.2 Å². The topological polar surface area (TPSA) is 85.8 Å². The molecule has 0 radical (unpaired) electrons. The van der Waals surface area contributed by atoms with Gasteiger partial charge in [-0.1, -0.05) is 13.3 Å². The zero-order valence-corrected chi connectivity index (χ0v) is 12.0.